The van der Waals surface area contributed by atoms with Crippen molar-refractivity contribution in [3.63, 3.8) is 0 Å². The fourth-order valence-corrected chi connectivity index (χ4v) is 1.33. The fourth-order valence-electron chi connectivity index (χ4n) is 1.24. The van der Waals surface area contributed by atoms with Crippen molar-refractivity contribution < 1.29 is 22.7 Å². The first-order valence-corrected chi connectivity index (χ1v) is 5.92. The van der Waals surface area contributed by atoms with Crippen LogP contribution in [0.25, 0.3) is 0 Å². The number of ether oxygens (including phenoxy) is 1. The highest BCUT2D eigenvalue weighted by molar-refractivity contribution is 7.80. The van der Waals surface area contributed by atoms with Crippen LogP contribution >= 0.6 is 12.2 Å². The summed E-state index contributed by atoms with van der Waals surface area (Å²) < 4.78 is 41.9. The Labute approximate surface area is 109 Å². The van der Waals surface area contributed by atoms with E-state index in [1.807, 2.05) is 0 Å². The minimum absolute atomic E-state index is 0.0268. The van der Waals surface area contributed by atoms with Gasteiger partial charge in [0.25, 0.3) is 0 Å². The van der Waals surface area contributed by atoms with Gasteiger partial charge >= 0.3 is 12.1 Å². The molecule has 0 aromatic carbocycles. The largest absolute Gasteiger partial charge is 0.471 e. The van der Waals surface area contributed by atoms with E-state index in [1.165, 1.54) is 0 Å². The Hall–Kier alpha value is -0.890. The van der Waals surface area contributed by atoms with E-state index < -0.39 is 12.1 Å². The van der Waals surface area contributed by atoms with Gasteiger partial charge in [0.1, 0.15) is 0 Å². The first-order chi connectivity index (χ1) is 8.29. The minimum Gasteiger partial charge on any atom is -0.393 e. The molecule has 0 fully saturated rings. The number of rotatable bonds is 8. The van der Waals surface area contributed by atoms with Crippen LogP contribution in [-0.4, -0.2) is 48.3 Å². The van der Waals surface area contributed by atoms with Crippen LogP contribution in [0.1, 0.15) is 19.8 Å². The fraction of sp³-hybridized carbons (Fsp3) is 0.800. The lowest BCUT2D eigenvalue weighted by Gasteiger charge is -2.23. The van der Waals surface area contributed by atoms with Crippen molar-refractivity contribution in [3.8, 4) is 0 Å². The lowest BCUT2D eigenvalue weighted by atomic mass is 10.3. The van der Waals surface area contributed by atoms with Gasteiger partial charge < -0.3 is 15.4 Å². The second kappa shape index (κ2) is 8.25. The molecule has 0 atom stereocenters. The number of alkyl halides is 3. The summed E-state index contributed by atoms with van der Waals surface area (Å²) in [5, 5.41) is 0. The van der Waals surface area contributed by atoms with E-state index >= 15 is 0 Å². The second-order valence-corrected chi connectivity index (χ2v) is 4.08. The van der Waals surface area contributed by atoms with Crippen LogP contribution in [0.2, 0.25) is 0 Å². The van der Waals surface area contributed by atoms with E-state index in [4.69, 9.17) is 10.5 Å². The number of halogens is 3. The maximum absolute atomic E-state index is 12.3. The molecule has 0 saturated heterocycles. The molecule has 0 spiro atoms. The molecule has 0 aliphatic carbocycles. The molecular formula is C10H17F3N2O2S. The van der Waals surface area contributed by atoms with Gasteiger partial charge in [0.05, 0.1) is 4.99 Å². The van der Waals surface area contributed by atoms with Gasteiger partial charge in [-0.05, 0) is 13.3 Å². The topological polar surface area (TPSA) is 55.6 Å². The summed E-state index contributed by atoms with van der Waals surface area (Å²) in [4.78, 5) is 11.9. The number of amides is 1. The van der Waals surface area contributed by atoms with Gasteiger partial charge in [-0.1, -0.05) is 12.2 Å². The van der Waals surface area contributed by atoms with Crippen LogP contribution in [0.5, 0.6) is 0 Å². The van der Waals surface area contributed by atoms with Crippen molar-refractivity contribution in [2.24, 2.45) is 5.73 Å². The zero-order valence-electron chi connectivity index (χ0n) is 10.1. The molecular weight excluding hydrogens is 269 g/mol. The zero-order chi connectivity index (χ0) is 14.2. The minimum atomic E-state index is -4.87. The van der Waals surface area contributed by atoms with Gasteiger partial charge in [0.2, 0.25) is 0 Å². The number of nitrogens with zero attached hydrogens (tertiary/aromatic N) is 1. The van der Waals surface area contributed by atoms with Crippen molar-refractivity contribution in [1.29, 1.82) is 0 Å². The molecule has 0 aromatic rings. The van der Waals surface area contributed by atoms with E-state index in [0.717, 1.165) is 0 Å². The maximum atomic E-state index is 12.3. The molecule has 2 N–H and O–H groups in total. The van der Waals surface area contributed by atoms with Gasteiger partial charge in [0.15, 0.2) is 0 Å². The van der Waals surface area contributed by atoms with Gasteiger partial charge in [-0.2, -0.15) is 13.2 Å². The first kappa shape index (κ1) is 17.1. The summed E-state index contributed by atoms with van der Waals surface area (Å²) in [5.74, 6) is -1.87. The van der Waals surface area contributed by atoms with Crippen molar-refractivity contribution in [2.45, 2.75) is 25.9 Å². The molecule has 0 aliphatic heterocycles. The molecule has 0 unspecified atom stereocenters. The molecule has 0 aliphatic rings. The second-order valence-electron chi connectivity index (χ2n) is 3.56. The molecule has 0 heterocycles. The van der Waals surface area contributed by atoms with Gasteiger partial charge in [-0.15, -0.1) is 0 Å². The molecule has 0 rings (SSSR count). The van der Waals surface area contributed by atoms with Crippen LogP contribution in [0.15, 0.2) is 0 Å². The normalized spacial score (nSPS) is 11.3. The van der Waals surface area contributed by atoms with Crippen LogP contribution in [0, 0.1) is 0 Å². The van der Waals surface area contributed by atoms with Crippen molar-refractivity contribution in [2.75, 3.05) is 26.3 Å². The number of carbonyl (C=O) groups is 1. The lowest BCUT2D eigenvalue weighted by molar-refractivity contribution is -0.185. The summed E-state index contributed by atoms with van der Waals surface area (Å²) in [5.41, 5.74) is 5.21. The predicted octanol–water partition coefficient (Wildman–Crippen LogP) is 1.48. The molecule has 0 saturated carbocycles. The monoisotopic (exact) mass is 286 g/mol. The van der Waals surface area contributed by atoms with E-state index in [9.17, 15) is 18.0 Å². The summed E-state index contributed by atoms with van der Waals surface area (Å²) in [6, 6.07) is 0. The highest BCUT2D eigenvalue weighted by Gasteiger charge is 2.42. The lowest BCUT2D eigenvalue weighted by Crippen LogP contribution is -2.43. The standard InChI is InChI=1S/C10H17F3N2O2S/c1-2-17-7-3-5-15(6-4-8(14)18)9(16)10(11,12)13/h2-7H2,1H3,(H2,14,18). The van der Waals surface area contributed by atoms with Gasteiger partial charge in [0, 0.05) is 32.7 Å². The quantitative estimate of drug-likeness (QED) is 0.542. The third-order valence-electron chi connectivity index (χ3n) is 2.08. The average Bonchev–Trinajstić information content (AvgIpc) is 2.25. The Bertz CT molecular complexity index is 285. The van der Waals surface area contributed by atoms with Crippen molar-refractivity contribution in [3.05, 3.63) is 0 Å². The Kier molecular flexibility index (Phi) is 7.85. The Balaban J connectivity index is 4.33. The number of thiocarbonyl (C=S) groups is 1. The van der Waals surface area contributed by atoms with Crippen LogP contribution in [0.4, 0.5) is 13.2 Å². The van der Waals surface area contributed by atoms with Crippen molar-refractivity contribution >= 4 is 23.1 Å². The SMILES string of the molecule is CCOCCCN(CCC(N)=S)C(=O)C(F)(F)F. The molecule has 4 nitrogen and oxygen atoms in total. The molecule has 1 amide bonds. The van der Waals surface area contributed by atoms with E-state index in [-0.39, 0.29) is 24.5 Å². The van der Waals surface area contributed by atoms with E-state index in [2.05, 4.69) is 12.2 Å². The number of nitrogens with two attached hydrogens (primary N) is 1. The third-order valence-corrected chi connectivity index (χ3v) is 2.28. The van der Waals surface area contributed by atoms with E-state index in [0.29, 0.717) is 24.5 Å². The van der Waals surface area contributed by atoms with Gasteiger partial charge in [-0.3, -0.25) is 4.79 Å². The number of hydrogen-bond donors (Lipinski definition) is 1. The summed E-state index contributed by atoms with van der Waals surface area (Å²) in [6.45, 7) is 2.43. The molecule has 0 bridgehead atoms. The third kappa shape index (κ3) is 7.44. The van der Waals surface area contributed by atoms with Crippen molar-refractivity contribution in [1.82, 2.24) is 4.90 Å². The number of carbonyl (C=O) groups excluding carboxylic acids is 1. The first-order valence-electron chi connectivity index (χ1n) is 5.51. The molecule has 0 radical (unpaired) electrons. The molecule has 106 valence electrons. The van der Waals surface area contributed by atoms with Crippen LogP contribution in [0.3, 0.4) is 0 Å². The summed E-state index contributed by atoms with van der Waals surface area (Å²) >= 11 is 4.58. The zero-order valence-corrected chi connectivity index (χ0v) is 10.9. The summed E-state index contributed by atoms with van der Waals surface area (Å²) in [6.07, 6.45) is -4.46. The number of hydrogen-bond acceptors (Lipinski definition) is 3. The molecule has 18 heavy (non-hydrogen) atoms. The molecule has 8 heteroatoms. The van der Waals surface area contributed by atoms with Gasteiger partial charge in [-0.25, -0.2) is 0 Å². The highest BCUT2D eigenvalue weighted by atomic mass is 32.1. The Morgan fingerprint density at radius 2 is 2.00 bits per heavy atom. The highest BCUT2D eigenvalue weighted by Crippen LogP contribution is 2.18. The Morgan fingerprint density at radius 3 is 2.44 bits per heavy atom. The summed E-state index contributed by atoms with van der Waals surface area (Å²) in [7, 11) is 0. The Morgan fingerprint density at radius 1 is 1.39 bits per heavy atom. The predicted molar refractivity (Wildman–Crippen MR) is 65.1 cm³/mol. The van der Waals surface area contributed by atoms with Crippen LogP contribution < -0.4 is 5.73 Å². The van der Waals surface area contributed by atoms with Crippen LogP contribution in [-0.2, 0) is 9.53 Å². The van der Waals surface area contributed by atoms with E-state index in [1.54, 1.807) is 6.92 Å². The maximum Gasteiger partial charge on any atom is 0.471 e. The average molecular weight is 286 g/mol. The molecule has 0 aromatic heterocycles. The smallest absolute Gasteiger partial charge is 0.393 e.